The molecule has 0 spiro atoms. The van der Waals surface area contributed by atoms with Crippen LogP contribution in [-0.2, 0) is 19.1 Å². The first-order valence-electron chi connectivity index (χ1n) is 17.3. The second-order valence-electron chi connectivity index (χ2n) is 17.5. The van der Waals surface area contributed by atoms with Crippen molar-refractivity contribution in [2.24, 2.45) is 50.2 Å². The molecule has 0 bridgehead atoms. The molecule has 4 fully saturated rings. The van der Waals surface area contributed by atoms with Crippen molar-refractivity contribution in [1.29, 1.82) is 0 Å². The second-order valence-corrected chi connectivity index (χ2v) is 17.5. The number of nitrogens with zero attached hydrogens (tertiary/aromatic N) is 1. The Balaban J connectivity index is 1.32. The van der Waals surface area contributed by atoms with Crippen molar-refractivity contribution in [3.05, 3.63) is 46.0 Å². The standard InChI is InChI=1S/C38H52N2O6/c1-23(41)46-30-14-15-36(6)29(33(30,2)3)13-16-38(8)31(36)28(42)21-26-27-22-35(5,18-17-34(27,4)19-20-37(26,38)7)32(43)39-24-9-11-25(12-10-24)40(44)45/h9-12,21,27,29-31H,13-20,22H2,1-8H3,(H,39,43). The van der Waals surface area contributed by atoms with Crippen LogP contribution in [0.1, 0.15) is 113 Å². The van der Waals surface area contributed by atoms with Crippen molar-refractivity contribution < 1.29 is 24.0 Å². The largest absolute Gasteiger partial charge is 0.462 e. The van der Waals surface area contributed by atoms with E-state index in [2.05, 4.69) is 46.9 Å². The molecule has 0 radical (unpaired) electrons. The Bertz CT molecular complexity index is 1520. The second kappa shape index (κ2) is 10.5. The molecule has 9 unspecified atom stereocenters. The summed E-state index contributed by atoms with van der Waals surface area (Å²) in [7, 11) is 0. The van der Waals surface area contributed by atoms with E-state index < -0.39 is 10.3 Å². The molecule has 4 saturated carbocycles. The zero-order valence-corrected chi connectivity index (χ0v) is 29.0. The van der Waals surface area contributed by atoms with Crippen LogP contribution < -0.4 is 5.32 Å². The Kier molecular flexibility index (Phi) is 7.50. The molecule has 8 nitrogen and oxygen atoms in total. The molecule has 1 aromatic carbocycles. The lowest BCUT2D eigenvalue weighted by Gasteiger charge is -2.70. The number of allylic oxidation sites excluding steroid dienone is 2. The maximum absolute atomic E-state index is 14.7. The van der Waals surface area contributed by atoms with Gasteiger partial charge in [-0.25, -0.2) is 0 Å². The molecule has 0 saturated heterocycles. The minimum absolute atomic E-state index is 0.0104. The summed E-state index contributed by atoms with van der Waals surface area (Å²) >= 11 is 0. The summed E-state index contributed by atoms with van der Waals surface area (Å²) in [5, 5.41) is 14.2. The van der Waals surface area contributed by atoms with Gasteiger partial charge in [-0.15, -0.1) is 0 Å². The number of nitrogens with one attached hydrogen (secondary N) is 1. The number of nitro groups is 1. The number of ketones is 1. The summed E-state index contributed by atoms with van der Waals surface area (Å²) < 4.78 is 5.86. The Morgan fingerprint density at radius 3 is 2.20 bits per heavy atom. The number of nitro benzene ring substituents is 1. The minimum Gasteiger partial charge on any atom is -0.462 e. The summed E-state index contributed by atoms with van der Waals surface area (Å²) in [6, 6.07) is 6.00. The van der Waals surface area contributed by atoms with Crippen LogP contribution in [0.2, 0.25) is 0 Å². The molecule has 5 aliphatic rings. The number of hydrogen-bond acceptors (Lipinski definition) is 6. The summed E-state index contributed by atoms with van der Waals surface area (Å²) in [6.07, 6.45) is 9.95. The molecular formula is C38H52N2O6. The first kappa shape index (κ1) is 32.9. The fourth-order valence-corrected chi connectivity index (χ4v) is 11.7. The summed E-state index contributed by atoms with van der Waals surface area (Å²) in [5.74, 6) is 0.236. The van der Waals surface area contributed by atoms with Gasteiger partial charge < -0.3 is 10.1 Å². The monoisotopic (exact) mass is 632 g/mol. The highest BCUT2D eigenvalue weighted by molar-refractivity contribution is 5.97. The fourth-order valence-electron chi connectivity index (χ4n) is 11.7. The van der Waals surface area contributed by atoms with Gasteiger partial charge >= 0.3 is 5.97 Å². The van der Waals surface area contributed by atoms with Gasteiger partial charge in [0.2, 0.25) is 5.91 Å². The van der Waals surface area contributed by atoms with Crippen molar-refractivity contribution in [1.82, 2.24) is 0 Å². The van der Waals surface area contributed by atoms with E-state index >= 15 is 0 Å². The molecule has 6 rings (SSSR count). The predicted octanol–water partition coefficient (Wildman–Crippen LogP) is 8.45. The Morgan fingerprint density at radius 1 is 0.913 bits per heavy atom. The number of fused-ring (bicyclic) bond motifs is 7. The smallest absolute Gasteiger partial charge is 0.302 e. The number of non-ortho nitro benzene ring substituents is 1. The van der Waals surface area contributed by atoms with Gasteiger partial charge in [0, 0.05) is 41.5 Å². The first-order chi connectivity index (χ1) is 21.3. The van der Waals surface area contributed by atoms with Crippen LogP contribution in [0.5, 0.6) is 0 Å². The normalized spacial score (nSPS) is 42.7. The van der Waals surface area contributed by atoms with Crippen molar-refractivity contribution in [3.63, 3.8) is 0 Å². The van der Waals surface area contributed by atoms with Gasteiger partial charge in [0.05, 0.1) is 4.92 Å². The third-order valence-corrected chi connectivity index (χ3v) is 14.7. The molecule has 0 aliphatic heterocycles. The van der Waals surface area contributed by atoms with Crippen molar-refractivity contribution in [2.75, 3.05) is 5.32 Å². The lowest BCUT2D eigenvalue weighted by molar-refractivity contribution is -0.384. The minimum atomic E-state index is -0.630. The maximum atomic E-state index is 14.7. The molecule has 250 valence electrons. The van der Waals surface area contributed by atoms with Crippen LogP contribution >= 0.6 is 0 Å². The zero-order valence-electron chi connectivity index (χ0n) is 29.0. The number of esters is 1. The number of anilines is 1. The molecular weight excluding hydrogens is 580 g/mol. The zero-order chi connectivity index (χ0) is 33.7. The van der Waals surface area contributed by atoms with Gasteiger partial charge in [-0.3, -0.25) is 24.5 Å². The van der Waals surface area contributed by atoms with E-state index in [0.717, 1.165) is 51.4 Å². The van der Waals surface area contributed by atoms with Crippen LogP contribution in [0.4, 0.5) is 11.4 Å². The fraction of sp³-hybridized carbons (Fsp3) is 0.711. The van der Waals surface area contributed by atoms with Crippen molar-refractivity contribution in [3.8, 4) is 0 Å². The summed E-state index contributed by atoms with van der Waals surface area (Å²) in [5.41, 5.74) is 0.408. The van der Waals surface area contributed by atoms with Crippen LogP contribution in [-0.4, -0.2) is 28.7 Å². The lowest BCUT2D eigenvalue weighted by atomic mass is 9.33. The molecule has 0 heterocycles. The van der Waals surface area contributed by atoms with Crippen LogP contribution in [0.25, 0.3) is 0 Å². The van der Waals surface area contributed by atoms with E-state index in [-0.39, 0.29) is 74.3 Å². The third kappa shape index (κ3) is 4.62. The Morgan fingerprint density at radius 2 is 1.57 bits per heavy atom. The average molecular weight is 633 g/mol. The van der Waals surface area contributed by atoms with Crippen LogP contribution in [0.3, 0.4) is 0 Å². The number of benzene rings is 1. The maximum Gasteiger partial charge on any atom is 0.302 e. The molecule has 46 heavy (non-hydrogen) atoms. The number of amides is 1. The first-order valence-corrected chi connectivity index (χ1v) is 17.3. The number of hydrogen-bond donors (Lipinski definition) is 1. The molecule has 1 aromatic rings. The third-order valence-electron chi connectivity index (χ3n) is 14.7. The summed E-state index contributed by atoms with van der Waals surface area (Å²) in [4.78, 5) is 51.2. The molecule has 5 aliphatic carbocycles. The van der Waals surface area contributed by atoms with Crippen LogP contribution in [0.15, 0.2) is 35.9 Å². The number of carbonyl (C=O) groups is 3. The number of ether oxygens (including phenoxy) is 1. The van der Waals surface area contributed by atoms with Gasteiger partial charge in [0.15, 0.2) is 5.78 Å². The average Bonchev–Trinajstić information content (AvgIpc) is 2.96. The molecule has 0 aromatic heterocycles. The van der Waals surface area contributed by atoms with E-state index in [9.17, 15) is 24.5 Å². The SMILES string of the molecule is CC(=O)OC1CCC2(C)C(CCC3(C)C2C(=O)C=C2C4CC(C)(C(=O)Nc5ccc([N+](=O)[O-])cc5)CCC4(C)CCC23C)C1(C)C. The van der Waals surface area contributed by atoms with E-state index in [1.807, 2.05) is 13.0 Å². The van der Waals surface area contributed by atoms with Crippen molar-refractivity contribution in [2.45, 2.75) is 119 Å². The van der Waals surface area contributed by atoms with Crippen LogP contribution in [0, 0.1) is 60.4 Å². The highest BCUT2D eigenvalue weighted by Gasteiger charge is 2.70. The molecule has 8 heteroatoms. The highest BCUT2D eigenvalue weighted by Crippen LogP contribution is 2.75. The summed E-state index contributed by atoms with van der Waals surface area (Å²) in [6.45, 7) is 17.5. The molecule has 1 N–H and O–H groups in total. The molecule has 1 amide bonds. The predicted molar refractivity (Wildman–Crippen MR) is 177 cm³/mol. The number of rotatable bonds is 4. The van der Waals surface area contributed by atoms with Gasteiger partial charge in [0.25, 0.3) is 5.69 Å². The van der Waals surface area contributed by atoms with E-state index in [1.54, 1.807) is 12.1 Å². The quantitative estimate of drug-likeness (QED) is 0.202. The number of carbonyl (C=O) groups excluding carboxylic acids is 3. The van der Waals surface area contributed by atoms with Crippen molar-refractivity contribution >= 4 is 29.0 Å². The molecule has 9 atom stereocenters. The van der Waals surface area contributed by atoms with E-state index in [4.69, 9.17) is 4.74 Å². The lowest BCUT2D eigenvalue weighted by Crippen LogP contribution is -2.66. The van der Waals surface area contributed by atoms with E-state index in [0.29, 0.717) is 12.1 Å². The Labute approximate surface area is 273 Å². The van der Waals surface area contributed by atoms with Gasteiger partial charge in [-0.2, -0.15) is 0 Å². The highest BCUT2D eigenvalue weighted by atomic mass is 16.6. The topological polar surface area (TPSA) is 116 Å². The van der Waals surface area contributed by atoms with Gasteiger partial charge in [-0.1, -0.05) is 54.0 Å². The Hall–Kier alpha value is -3.03. The van der Waals surface area contributed by atoms with Gasteiger partial charge in [-0.05, 0) is 109 Å². The van der Waals surface area contributed by atoms with Gasteiger partial charge in [0.1, 0.15) is 6.10 Å². The van der Waals surface area contributed by atoms with E-state index in [1.165, 1.54) is 24.6 Å².